The number of amides is 1. The summed E-state index contributed by atoms with van der Waals surface area (Å²) in [5.41, 5.74) is 1.40. The Morgan fingerprint density at radius 3 is 2.50 bits per heavy atom. The van der Waals surface area contributed by atoms with E-state index in [2.05, 4.69) is 37.3 Å². The number of likely N-dealkylation sites (tertiary alicyclic amines) is 1. The maximum Gasteiger partial charge on any atom is 0.303 e. The topological polar surface area (TPSA) is 77.8 Å². The van der Waals surface area contributed by atoms with Gasteiger partial charge in [0.15, 0.2) is 0 Å². The molecule has 1 heterocycles. The minimum Gasteiger partial charge on any atom is -0.481 e. The first-order chi connectivity index (χ1) is 15.5. The lowest BCUT2D eigenvalue weighted by Gasteiger charge is -2.27. The number of hydrogen-bond acceptors (Lipinski definition) is 3. The third-order valence-electron chi connectivity index (χ3n) is 6.91. The van der Waals surface area contributed by atoms with E-state index in [0.717, 1.165) is 64.3 Å². The van der Waals surface area contributed by atoms with Crippen LogP contribution in [0, 0.1) is 5.92 Å². The molecule has 2 N–H and O–H groups in total. The Bertz CT molecular complexity index is 663. The molecule has 0 spiro atoms. The average molecular weight is 446 g/mol. The predicted molar refractivity (Wildman–Crippen MR) is 128 cm³/mol. The van der Waals surface area contributed by atoms with Crippen molar-refractivity contribution in [2.75, 3.05) is 6.54 Å². The van der Waals surface area contributed by atoms with E-state index in [1.165, 1.54) is 18.4 Å². The van der Waals surface area contributed by atoms with Crippen LogP contribution in [-0.2, 0) is 16.0 Å². The summed E-state index contributed by atoms with van der Waals surface area (Å²) < 4.78 is 0. The van der Waals surface area contributed by atoms with Crippen LogP contribution >= 0.6 is 0 Å². The highest BCUT2D eigenvalue weighted by Gasteiger charge is 2.30. The Labute approximate surface area is 194 Å². The monoisotopic (exact) mass is 445 g/mol. The lowest BCUT2D eigenvalue weighted by Crippen LogP contribution is -2.35. The summed E-state index contributed by atoms with van der Waals surface area (Å²) in [6.07, 6.45) is 12.3. The number of nitrogens with zero attached hydrogens (tertiary/aromatic N) is 1. The molecule has 1 saturated heterocycles. The van der Waals surface area contributed by atoms with Crippen LogP contribution in [0.1, 0.15) is 96.0 Å². The number of hydrogen-bond donors (Lipinski definition) is 2. The van der Waals surface area contributed by atoms with Crippen molar-refractivity contribution < 1.29 is 19.8 Å². The van der Waals surface area contributed by atoms with Gasteiger partial charge in [-0.15, -0.1) is 0 Å². The van der Waals surface area contributed by atoms with Gasteiger partial charge in [-0.3, -0.25) is 9.59 Å². The zero-order valence-corrected chi connectivity index (χ0v) is 19.9. The van der Waals surface area contributed by atoms with E-state index in [1.807, 2.05) is 4.90 Å². The number of carbonyl (C=O) groups is 2. The maximum absolute atomic E-state index is 12.3. The molecule has 0 bridgehead atoms. The van der Waals surface area contributed by atoms with Gasteiger partial charge in [0.2, 0.25) is 5.91 Å². The molecular weight excluding hydrogens is 402 g/mol. The van der Waals surface area contributed by atoms with Crippen molar-refractivity contribution in [3.8, 4) is 0 Å². The number of aliphatic hydroxyl groups excluding tert-OH is 1. The van der Waals surface area contributed by atoms with Crippen LogP contribution in [0.2, 0.25) is 0 Å². The van der Waals surface area contributed by atoms with Crippen molar-refractivity contribution in [2.45, 2.75) is 109 Å². The van der Waals surface area contributed by atoms with Crippen LogP contribution in [0.15, 0.2) is 30.3 Å². The van der Waals surface area contributed by atoms with E-state index < -0.39 is 5.97 Å². The van der Waals surface area contributed by atoms with Gasteiger partial charge in [0.1, 0.15) is 0 Å². The highest BCUT2D eigenvalue weighted by molar-refractivity contribution is 5.78. The van der Waals surface area contributed by atoms with E-state index in [0.29, 0.717) is 18.8 Å². The minimum atomic E-state index is -0.736. The summed E-state index contributed by atoms with van der Waals surface area (Å²) in [4.78, 5) is 24.8. The van der Waals surface area contributed by atoms with Gasteiger partial charge in [0.05, 0.1) is 6.10 Å². The van der Waals surface area contributed by atoms with E-state index in [4.69, 9.17) is 5.11 Å². The van der Waals surface area contributed by atoms with Gasteiger partial charge < -0.3 is 15.1 Å². The molecule has 1 aliphatic rings. The zero-order valence-electron chi connectivity index (χ0n) is 19.9. The fourth-order valence-electron chi connectivity index (χ4n) is 4.77. The number of carboxylic acid groups (broad SMARTS) is 1. The van der Waals surface area contributed by atoms with Crippen molar-refractivity contribution in [1.82, 2.24) is 4.90 Å². The van der Waals surface area contributed by atoms with Gasteiger partial charge >= 0.3 is 5.97 Å². The van der Waals surface area contributed by atoms with Gasteiger partial charge in [-0.05, 0) is 62.8 Å². The number of unbranched alkanes of at least 4 members (excludes halogenated alkanes) is 5. The highest BCUT2D eigenvalue weighted by Crippen LogP contribution is 2.26. The number of aryl methyl sites for hydroxylation is 1. The lowest BCUT2D eigenvalue weighted by molar-refractivity contribution is -0.137. The van der Waals surface area contributed by atoms with Crippen LogP contribution in [0.4, 0.5) is 0 Å². The Hall–Kier alpha value is -1.88. The largest absolute Gasteiger partial charge is 0.481 e. The molecule has 5 nitrogen and oxygen atoms in total. The van der Waals surface area contributed by atoms with Crippen LogP contribution in [0.5, 0.6) is 0 Å². The highest BCUT2D eigenvalue weighted by atomic mass is 16.4. The molecule has 0 unspecified atom stereocenters. The number of aliphatic carboxylic acids is 1. The Kier molecular flexibility index (Phi) is 12.4. The van der Waals surface area contributed by atoms with E-state index in [9.17, 15) is 14.7 Å². The standard InChI is InChI=1S/C27H43NO4/c1-22(12-6-4-7-13-23-14-8-5-9-15-23)25(29)19-17-24-18-20-26(30)28(24)21-11-3-2-10-16-27(31)32/h5,8-9,14-15,22,24-25,29H,2-4,6-7,10-13,16-21H2,1H3,(H,31,32)/t22-,24-,25+/m0/s1. The first-order valence-electron chi connectivity index (χ1n) is 12.7. The molecule has 1 aromatic carbocycles. The number of aliphatic hydroxyl groups is 1. The molecule has 5 heteroatoms. The fraction of sp³-hybridized carbons (Fsp3) is 0.704. The molecule has 0 radical (unpaired) electrons. The molecule has 2 rings (SSSR count). The fourth-order valence-corrected chi connectivity index (χ4v) is 4.77. The molecule has 1 fully saturated rings. The Morgan fingerprint density at radius 1 is 1.03 bits per heavy atom. The summed E-state index contributed by atoms with van der Waals surface area (Å²) in [7, 11) is 0. The zero-order chi connectivity index (χ0) is 23.2. The SMILES string of the molecule is C[C@@H](CCCCCc1ccccc1)[C@H](O)CC[C@H]1CCC(=O)N1CCCCCCC(=O)O. The molecule has 1 amide bonds. The summed E-state index contributed by atoms with van der Waals surface area (Å²) in [5.74, 6) is -0.201. The van der Waals surface area contributed by atoms with Crippen LogP contribution < -0.4 is 0 Å². The van der Waals surface area contributed by atoms with Crippen LogP contribution in [0.25, 0.3) is 0 Å². The second kappa shape index (κ2) is 15.0. The summed E-state index contributed by atoms with van der Waals surface area (Å²) in [6, 6.07) is 10.9. The number of rotatable bonds is 17. The first-order valence-corrected chi connectivity index (χ1v) is 12.7. The van der Waals surface area contributed by atoms with E-state index in [-0.39, 0.29) is 24.5 Å². The smallest absolute Gasteiger partial charge is 0.303 e. The molecule has 0 saturated carbocycles. The maximum atomic E-state index is 12.3. The molecule has 0 aromatic heterocycles. The van der Waals surface area contributed by atoms with Crippen molar-refractivity contribution >= 4 is 11.9 Å². The van der Waals surface area contributed by atoms with E-state index in [1.54, 1.807) is 0 Å². The normalized spacial score (nSPS) is 18.1. The second-order valence-electron chi connectivity index (χ2n) is 9.54. The molecular formula is C27H43NO4. The Balaban J connectivity index is 1.57. The van der Waals surface area contributed by atoms with Crippen molar-refractivity contribution in [2.24, 2.45) is 5.92 Å². The van der Waals surface area contributed by atoms with Crippen LogP contribution in [-0.4, -0.2) is 45.7 Å². The minimum absolute atomic E-state index is 0.231. The quantitative estimate of drug-likeness (QED) is 0.306. The van der Waals surface area contributed by atoms with Gasteiger partial charge in [-0.2, -0.15) is 0 Å². The Morgan fingerprint density at radius 2 is 1.75 bits per heavy atom. The van der Waals surface area contributed by atoms with Gasteiger partial charge in [-0.1, -0.05) is 62.9 Å². The predicted octanol–water partition coefficient (Wildman–Crippen LogP) is 5.59. The first kappa shape index (κ1) is 26.4. The molecule has 180 valence electrons. The lowest BCUT2D eigenvalue weighted by atomic mass is 9.92. The average Bonchev–Trinajstić information content (AvgIpc) is 3.13. The summed E-state index contributed by atoms with van der Waals surface area (Å²) in [6.45, 7) is 2.92. The molecule has 1 aliphatic heterocycles. The van der Waals surface area contributed by atoms with Crippen molar-refractivity contribution in [3.63, 3.8) is 0 Å². The van der Waals surface area contributed by atoms with Gasteiger partial charge in [0.25, 0.3) is 0 Å². The second-order valence-corrected chi connectivity index (χ2v) is 9.54. The molecule has 32 heavy (non-hydrogen) atoms. The summed E-state index contributed by atoms with van der Waals surface area (Å²) in [5, 5.41) is 19.3. The number of carbonyl (C=O) groups excluding carboxylic acids is 1. The van der Waals surface area contributed by atoms with Crippen molar-refractivity contribution in [1.29, 1.82) is 0 Å². The molecule has 0 aliphatic carbocycles. The summed E-state index contributed by atoms with van der Waals surface area (Å²) >= 11 is 0. The molecule has 1 aromatic rings. The van der Waals surface area contributed by atoms with E-state index >= 15 is 0 Å². The third-order valence-corrected chi connectivity index (χ3v) is 6.91. The van der Waals surface area contributed by atoms with Crippen molar-refractivity contribution in [3.05, 3.63) is 35.9 Å². The van der Waals surface area contributed by atoms with Crippen LogP contribution in [0.3, 0.4) is 0 Å². The van der Waals surface area contributed by atoms with Gasteiger partial charge in [-0.25, -0.2) is 0 Å². The van der Waals surface area contributed by atoms with Gasteiger partial charge in [0, 0.05) is 25.4 Å². The molecule has 3 atom stereocenters. The number of carboxylic acids is 1. The third kappa shape index (κ3) is 10.2. The number of benzene rings is 1.